The van der Waals surface area contributed by atoms with Gasteiger partial charge in [0, 0.05) is 44.0 Å². The number of pyridine rings is 1. The highest BCUT2D eigenvalue weighted by Gasteiger charge is 2.28. The molecule has 0 unspecified atom stereocenters. The molecule has 7 nitrogen and oxygen atoms in total. The molecule has 1 atom stereocenters. The average molecular weight is 357 g/mol. The molecule has 0 bridgehead atoms. The first-order valence-electron chi connectivity index (χ1n) is 9.61. The second kappa shape index (κ2) is 7.72. The van der Waals surface area contributed by atoms with Crippen molar-refractivity contribution in [2.24, 2.45) is 0 Å². The molecule has 0 amide bonds. The van der Waals surface area contributed by atoms with Crippen LogP contribution in [0.3, 0.4) is 0 Å². The highest BCUT2D eigenvalue weighted by atomic mass is 16.5. The van der Waals surface area contributed by atoms with E-state index in [4.69, 9.17) is 9.26 Å². The largest absolute Gasteiger partial charge is 0.366 e. The van der Waals surface area contributed by atoms with Crippen LogP contribution in [-0.4, -0.2) is 58.9 Å². The van der Waals surface area contributed by atoms with Crippen molar-refractivity contribution >= 4 is 5.82 Å². The minimum Gasteiger partial charge on any atom is -0.366 e. The number of anilines is 1. The van der Waals surface area contributed by atoms with Gasteiger partial charge in [-0.15, -0.1) is 0 Å². The van der Waals surface area contributed by atoms with Gasteiger partial charge in [0.1, 0.15) is 11.9 Å². The summed E-state index contributed by atoms with van der Waals surface area (Å²) in [5.41, 5.74) is 0.872. The van der Waals surface area contributed by atoms with Crippen molar-refractivity contribution in [1.29, 1.82) is 0 Å². The highest BCUT2D eigenvalue weighted by molar-refractivity contribution is 5.56. The summed E-state index contributed by atoms with van der Waals surface area (Å²) in [4.78, 5) is 13.9. The molecule has 0 saturated carbocycles. The first-order chi connectivity index (χ1) is 12.7. The molecule has 0 aliphatic carbocycles. The standard InChI is InChI=1S/C19H27N5O2/c1-14(2)24-10-11-25-16(13-24)19-21-18(22-26-19)15-6-7-17(20-12-15)23-8-4-3-5-9-23/h6-7,12,14,16H,3-5,8-11,13H2,1-2H3/t16-/m0/s1. The van der Waals surface area contributed by atoms with Gasteiger partial charge < -0.3 is 14.2 Å². The Balaban J connectivity index is 1.45. The fourth-order valence-corrected chi connectivity index (χ4v) is 3.60. The SMILES string of the molecule is CC(C)N1CCO[C@H](c2nc(-c3ccc(N4CCCCC4)nc3)no2)C1. The summed E-state index contributed by atoms with van der Waals surface area (Å²) in [5.74, 6) is 2.15. The van der Waals surface area contributed by atoms with E-state index in [-0.39, 0.29) is 6.10 Å². The smallest absolute Gasteiger partial charge is 0.257 e. The fourth-order valence-electron chi connectivity index (χ4n) is 3.60. The molecule has 2 aliphatic heterocycles. The van der Waals surface area contributed by atoms with Crippen LogP contribution in [0.5, 0.6) is 0 Å². The summed E-state index contributed by atoms with van der Waals surface area (Å²) in [6.07, 6.45) is 5.48. The number of nitrogens with zero attached hydrogens (tertiary/aromatic N) is 5. The van der Waals surface area contributed by atoms with Crippen LogP contribution in [0.4, 0.5) is 5.82 Å². The van der Waals surface area contributed by atoms with E-state index in [2.05, 4.69) is 38.8 Å². The lowest BCUT2D eigenvalue weighted by Crippen LogP contribution is -2.42. The summed E-state index contributed by atoms with van der Waals surface area (Å²) < 4.78 is 11.3. The van der Waals surface area contributed by atoms with Gasteiger partial charge in [-0.3, -0.25) is 4.90 Å². The molecule has 2 fully saturated rings. The van der Waals surface area contributed by atoms with Gasteiger partial charge in [-0.1, -0.05) is 5.16 Å². The van der Waals surface area contributed by atoms with Crippen LogP contribution in [0.1, 0.15) is 45.1 Å². The molecular weight excluding hydrogens is 330 g/mol. The normalized spacial score (nSPS) is 22.1. The molecule has 0 aromatic carbocycles. The second-order valence-electron chi connectivity index (χ2n) is 7.36. The third-order valence-electron chi connectivity index (χ3n) is 5.23. The first-order valence-corrected chi connectivity index (χ1v) is 9.61. The summed E-state index contributed by atoms with van der Waals surface area (Å²) in [5, 5.41) is 4.14. The molecule has 140 valence electrons. The van der Waals surface area contributed by atoms with Crippen molar-refractivity contribution in [3.8, 4) is 11.4 Å². The number of ether oxygens (including phenoxy) is 1. The van der Waals surface area contributed by atoms with Crippen molar-refractivity contribution < 1.29 is 9.26 Å². The average Bonchev–Trinajstić information content (AvgIpc) is 3.19. The first kappa shape index (κ1) is 17.4. The van der Waals surface area contributed by atoms with Crippen molar-refractivity contribution in [2.45, 2.75) is 45.3 Å². The van der Waals surface area contributed by atoms with Gasteiger partial charge in [0.25, 0.3) is 5.89 Å². The molecule has 0 spiro atoms. The summed E-state index contributed by atoms with van der Waals surface area (Å²) in [7, 11) is 0. The van der Waals surface area contributed by atoms with E-state index >= 15 is 0 Å². The van der Waals surface area contributed by atoms with Crippen LogP contribution in [0.25, 0.3) is 11.4 Å². The van der Waals surface area contributed by atoms with Gasteiger partial charge >= 0.3 is 0 Å². The maximum Gasteiger partial charge on any atom is 0.257 e. The van der Waals surface area contributed by atoms with Gasteiger partial charge in [0.15, 0.2) is 0 Å². The van der Waals surface area contributed by atoms with Crippen LogP contribution in [0, 0.1) is 0 Å². The second-order valence-corrected chi connectivity index (χ2v) is 7.36. The van der Waals surface area contributed by atoms with E-state index in [0.29, 0.717) is 24.4 Å². The molecule has 2 aliphatic rings. The Bertz CT molecular complexity index is 709. The Kier molecular flexibility index (Phi) is 5.17. The quantitative estimate of drug-likeness (QED) is 0.833. The van der Waals surface area contributed by atoms with E-state index < -0.39 is 0 Å². The molecule has 4 rings (SSSR count). The lowest BCUT2D eigenvalue weighted by atomic mass is 10.1. The van der Waals surface area contributed by atoms with Crippen molar-refractivity contribution in [1.82, 2.24) is 20.0 Å². The zero-order chi connectivity index (χ0) is 17.9. The van der Waals surface area contributed by atoms with E-state index in [1.54, 1.807) is 0 Å². The van der Waals surface area contributed by atoms with Crippen LogP contribution in [0.15, 0.2) is 22.9 Å². The number of aromatic nitrogens is 3. The molecular formula is C19H27N5O2. The lowest BCUT2D eigenvalue weighted by Gasteiger charge is -2.33. The van der Waals surface area contributed by atoms with E-state index in [0.717, 1.165) is 37.6 Å². The Morgan fingerprint density at radius 1 is 1.12 bits per heavy atom. The van der Waals surface area contributed by atoms with Gasteiger partial charge in [-0.25, -0.2) is 4.98 Å². The number of morpholine rings is 1. The number of piperidine rings is 1. The third-order valence-corrected chi connectivity index (χ3v) is 5.23. The Morgan fingerprint density at radius 3 is 2.69 bits per heavy atom. The highest BCUT2D eigenvalue weighted by Crippen LogP contribution is 2.25. The lowest BCUT2D eigenvalue weighted by molar-refractivity contribution is -0.0539. The Hall–Kier alpha value is -1.99. The number of hydrogen-bond acceptors (Lipinski definition) is 7. The van der Waals surface area contributed by atoms with Crippen LogP contribution < -0.4 is 4.90 Å². The minimum atomic E-state index is -0.159. The molecule has 4 heterocycles. The van der Waals surface area contributed by atoms with Crippen molar-refractivity contribution in [3.63, 3.8) is 0 Å². The van der Waals surface area contributed by atoms with Gasteiger partial charge in [0.05, 0.1) is 6.61 Å². The molecule has 7 heteroatoms. The maximum absolute atomic E-state index is 5.83. The number of hydrogen-bond donors (Lipinski definition) is 0. The minimum absolute atomic E-state index is 0.159. The fraction of sp³-hybridized carbons (Fsp3) is 0.632. The molecule has 0 N–H and O–H groups in total. The van der Waals surface area contributed by atoms with Crippen LogP contribution in [0.2, 0.25) is 0 Å². The van der Waals surface area contributed by atoms with Gasteiger partial charge in [0.2, 0.25) is 5.82 Å². The molecule has 26 heavy (non-hydrogen) atoms. The van der Waals surface area contributed by atoms with E-state index in [9.17, 15) is 0 Å². The molecule has 0 radical (unpaired) electrons. The van der Waals surface area contributed by atoms with E-state index in [1.807, 2.05) is 18.3 Å². The summed E-state index contributed by atoms with van der Waals surface area (Å²) in [6, 6.07) is 4.55. The molecule has 2 aromatic heterocycles. The van der Waals surface area contributed by atoms with Crippen LogP contribution in [-0.2, 0) is 4.74 Å². The maximum atomic E-state index is 5.83. The zero-order valence-corrected chi connectivity index (χ0v) is 15.6. The van der Waals surface area contributed by atoms with Crippen molar-refractivity contribution in [2.75, 3.05) is 37.7 Å². The Morgan fingerprint density at radius 2 is 1.96 bits per heavy atom. The van der Waals surface area contributed by atoms with E-state index in [1.165, 1.54) is 19.3 Å². The monoisotopic (exact) mass is 357 g/mol. The van der Waals surface area contributed by atoms with Crippen LogP contribution >= 0.6 is 0 Å². The summed E-state index contributed by atoms with van der Waals surface area (Å²) in [6.45, 7) is 8.97. The molecule has 2 saturated heterocycles. The van der Waals surface area contributed by atoms with Crippen molar-refractivity contribution in [3.05, 3.63) is 24.2 Å². The predicted molar refractivity (Wildman–Crippen MR) is 99.0 cm³/mol. The third kappa shape index (κ3) is 3.73. The molecule has 2 aromatic rings. The predicted octanol–water partition coefficient (Wildman–Crippen LogP) is 2.90. The summed E-state index contributed by atoms with van der Waals surface area (Å²) >= 11 is 0. The topological polar surface area (TPSA) is 67.5 Å². The van der Waals surface area contributed by atoms with Gasteiger partial charge in [-0.2, -0.15) is 4.98 Å². The Labute approximate surface area is 154 Å². The van der Waals surface area contributed by atoms with Gasteiger partial charge in [-0.05, 0) is 45.2 Å². The number of rotatable bonds is 4. The zero-order valence-electron chi connectivity index (χ0n) is 15.6.